The van der Waals surface area contributed by atoms with Crippen LogP contribution in [0.3, 0.4) is 0 Å². The monoisotopic (exact) mass is 360 g/mol. The lowest BCUT2D eigenvalue weighted by molar-refractivity contribution is 0.0821. The molecule has 0 bridgehead atoms. The SMILES string of the molecule is CCOCn1c(Cc2c(F)c(F)cc(F)c2F)c(CC)c(=O)[nH]c1=O. The third kappa shape index (κ3) is 3.65. The summed E-state index contributed by atoms with van der Waals surface area (Å²) in [6.07, 6.45) is -0.542. The molecule has 1 aromatic heterocycles. The number of nitrogens with zero attached hydrogens (tertiary/aromatic N) is 1. The smallest absolute Gasteiger partial charge is 0.330 e. The summed E-state index contributed by atoms with van der Waals surface area (Å²) >= 11 is 0. The normalized spacial score (nSPS) is 11.1. The number of benzene rings is 1. The highest BCUT2D eigenvalue weighted by Gasteiger charge is 2.23. The fourth-order valence-electron chi connectivity index (χ4n) is 2.49. The number of halogens is 4. The Morgan fingerprint density at radius 1 is 1.04 bits per heavy atom. The fraction of sp³-hybridized carbons (Fsp3) is 0.375. The predicted octanol–water partition coefficient (Wildman–Crippen LogP) is 2.24. The van der Waals surface area contributed by atoms with Gasteiger partial charge in [0.2, 0.25) is 0 Å². The highest BCUT2D eigenvalue weighted by atomic mass is 19.2. The maximum absolute atomic E-state index is 14.0. The predicted molar refractivity (Wildman–Crippen MR) is 81.4 cm³/mol. The number of hydrogen-bond acceptors (Lipinski definition) is 3. The van der Waals surface area contributed by atoms with Crippen molar-refractivity contribution in [2.75, 3.05) is 6.61 Å². The Bertz CT molecular complexity index is 879. The van der Waals surface area contributed by atoms with E-state index in [4.69, 9.17) is 4.74 Å². The van der Waals surface area contributed by atoms with Crippen LogP contribution in [0.4, 0.5) is 17.6 Å². The van der Waals surface area contributed by atoms with E-state index in [1.165, 1.54) is 0 Å². The second-order valence-electron chi connectivity index (χ2n) is 5.21. The standard InChI is InChI=1S/C16H16F4N2O3/c1-3-8-12(22(7-25-4-2)16(24)21-15(8)23)5-9-13(19)10(17)6-11(18)14(9)20/h6H,3-5,7H2,1-2H3,(H,21,23,24). The Hall–Kier alpha value is -2.42. The first-order valence-electron chi connectivity index (χ1n) is 7.56. The summed E-state index contributed by atoms with van der Waals surface area (Å²) in [6.45, 7) is 3.22. The average molecular weight is 360 g/mol. The summed E-state index contributed by atoms with van der Waals surface area (Å²) in [4.78, 5) is 26.1. The minimum atomic E-state index is -1.57. The van der Waals surface area contributed by atoms with Crippen LogP contribution in [0.25, 0.3) is 0 Å². The van der Waals surface area contributed by atoms with Gasteiger partial charge in [-0.25, -0.2) is 22.4 Å². The van der Waals surface area contributed by atoms with E-state index in [-0.39, 0.29) is 37.1 Å². The zero-order valence-electron chi connectivity index (χ0n) is 13.6. The molecule has 136 valence electrons. The molecule has 0 spiro atoms. The summed E-state index contributed by atoms with van der Waals surface area (Å²) in [5.41, 5.74) is -2.46. The Morgan fingerprint density at radius 2 is 1.64 bits per heavy atom. The van der Waals surface area contributed by atoms with E-state index in [9.17, 15) is 27.2 Å². The Balaban J connectivity index is 2.71. The second kappa shape index (κ2) is 7.64. The van der Waals surface area contributed by atoms with Gasteiger partial charge in [-0.2, -0.15) is 0 Å². The number of nitrogens with one attached hydrogen (secondary N) is 1. The molecular weight excluding hydrogens is 344 g/mol. The zero-order valence-corrected chi connectivity index (χ0v) is 13.6. The van der Waals surface area contributed by atoms with Gasteiger partial charge in [-0.05, 0) is 13.3 Å². The molecule has 1 N–H and O–H groups in total. The van der Waals surface area contributed by atoms with Crippen molar-refractivity contribution in [3.05, 3.63) is 67.0 Å². The van der Waals surface area contributed by atoms with Crippen molar-refractivity contribution in [1.82, 2.24) is 9.55 Å². The van der Waals surface area contributed by atoms with Crippen LogP contribution >= 0.6 is 0 Å². The molecule has 0 saturated heterocycles. The van der Waals surface area contributed by atoms with E-state index >= 15 is 0 Å². The van der Waals surface area contributed by atoms with Gasteiger partial charge in [0.25, 0.3) is 5.56 Å². The molecule has 0 aliphatic heterocycles. The Morgan fingerprint density at radius 3 is 2.16 bits per heavy atom. The highest BCUT2D eigenvalue weighted by molar-refractivity contribution is 5.30. The number of ether oxygens (including phenoxy) is 1. The van der Waals surface area contributed by atoms with Gasteiger partial charge in [-0.1, -0.05) is 6.92 Å². The van der Waals surface area contributed by atoms with Crippen LogP contribution in [0.15, 0.2) is 15.7 Å². The number of H-pyrrole nitrogens is 1. The molecule has 0 amide bonds. The minimum absolute atomic E-state index is 0.0625. The van der Waals surface area contributed by atoms with Gasteiger partial charge < -0.3 is 4.74 Å². The van der Waals surface area contributed by atoms with Crippen molar-refractivity contribution in [2.24, 2.45) is 0 Å². The molecule has 0 atom stereocenters. The Labute approximate surface area is 139 Å². The summed E-state index contributed by atoms with van der Waals surface area (Å²) in [5, 5.41) is 0. The first kappa shape index (κ1) is 18.9. The highest BCUT2D eigenvalue weighted by Crippen LogP contribution is 2.22. The van der Waals surface area contributed by atoms with Crippen molar-refractivity contribution in [2.45, 2.75) is 33.4 Å². The van der Waals surface area contributed by atoms with Crippen LogP contribution in [0.2, 0.25) is 0 Å². The first-order chi connectivity index (χ1) is 11.8. The topological polar surface area (TPSA) is 64.1 Å². The van der Waals surface area contributed by atoms with Crippen molar-refractivity contribution >= 4 is 0 Å². The van der Waals surface area contributed by atoms with Gasteiger partial charge in [0.1, 0.15) is 6.73 Å². The van der Waals surface area contributed by atoms with E-state index < -0.39 is 46.5 Å². The van der Waals surface area contributed by atoms with Crippen LogP contribution in [0.5, 0.6) is 0 Å². The molecule has 0 aliphatic rings. The molecule has 0 fully saturated rings. The maximum atomic E-state index is 14.0. The second-order valence-corrected chi connectivity index (χ2v) is 5.21. The van der Waals surface area contributed by atoms with E-state index in [1.807, 2.05) is 0 Å². The van der Waals surface area contributed by atoms with Crippen LogP contribution in [-0.2, 0) is 24.3 Å². The zero-order chi connectivity index (χ0) is 18.7. The van der Waals surface area contributed by atoms with Crippen molar-refractivity contribution in [1.29, 1.82) is 0 Å². The molecule has 25 heavy (non-hydrogen) atoms. The lowest BCUT2D eigenvalue weighted by atomic mass is 10.0. The van der Waals surface area contributed by atoms with Crippen molar-refractivity contribution < 1.29 is 22.3 Å². The van der Waals surface area contributed by atoms with E-state index in [1.54, 1.807) is 13.8 Å². The van der Waals surface area contributed by atoms with E-state index in [0.717, 1.165) is 4.57 Å². The molecule has 1 heterocycles. The Kier molecular flexibility index (Phi) is 5.78. The molecule has 0 radical (unpaired) electrons. The number of aromatic nitrogens is 2. The minimum Gasteiger partial charge on any atom is -0.361 e. The fourth-order valence-corrected chi connectivity index (χ4v) is 2.49. The number of hydrogen-bond donors (Lipinski definition) is 1. The molecule has 2 rings (SSSR count). The largest absolute Gasteiger partial charge is 0.361 e. The maximum Gasteiger partial charge on any atom is 0.330 e. The third-order valence-electron chi connectivity index (χ3n) is 3.74. The number of rotatable bonds is 6. The molecule has 0 unspecified atom stereocenters. The summed E-state index contributed by atoms with van der Waals surface area (Å²) in [5.74, 6) is -6.26. The summed E-state index contributed by atoms with van der Waals surface area (Å²) < 4.78 is 60.9. The van der Waals surface area contributed by atoms with Crippen LogP contribution in [-0.4, -0.2) is 16.2 Å². The van der Waals surface area contributed by atoms with Gasteiger partial charge in [-0.3, -0.25) is 14.3 Å². The molecule has 9 heteroatoms. The van der Waals surface area contributed by atoms with Gasteiger partial charge in [0.05, 0.1) is 0 Å². The van der Waals surface area contributed by atoms with Crippen LogP contribution in [0.1, 0.15) is 30.7 Å². The average Bonchev–Trinajstić information content (AvgIpc) is 2.56. The molecule has 1 aromatic carbocycles. The van der Waals surface area contributed by atoms with Gasteiger partial charge in [-0.15, -0.1) is 0 Å². The van der Waals surface area contributed by atoms with Gasteiger partial charge >= 0.3 is 5.69 Å². The summed E-state index contributed by atoms with van der Waals surface area (Å²) in [7, 11) is 0. The van der Waals surface area contributed by atoms with Crippen LogP contribution < -0.4 is 11.2 Å². The van der Waals surface area contributed by atoms with E-state index in [0.29, 0.717) is 0 Å². The van der Waals surface area contributed by atoms with Crippen molar-refractivity contribution in [3.63, 3.8) is 0 Å². The first-order valence-corrected chi connectivity index (χ1v) is 7.56. The molecule has 5 nitrogen and oxygen atoms in total. The number of aromatic amines is 1. The lowest BCUT2D eigenvalue weighted by Gasteiger charge is -2.16. The van der Waals surface area contributed by atoms with E-state index in [2.05, 4.69) is 4.98 Å². The molecule has 0 saturated carbocycles. The van der Waals surface area contributed by atoms with Gasteiger partial charge in [0.15, 0.2) is 23.3 Å². The molecule has 0 aliphatic carbocycles. The van der Waals surface area contributed by atoms with Gasteiger partial charge in [0, 0.05) is 35.9 Å². The quantitative estimate of drug-likeness (QED) is 0.635. The molecular formula is C16H16F4N2O3. The third-order valence-corrected chi connectivity index (χ3v) is 3.74. The van der Waals surface area contributed by atoms with Crippen LogP contribution in [0, 0.1) is 23.3 Å². The summed E-state index contributed by atoms with van der Waals surface area (Å²) in [6, 6.07) is 0.0972. The van der Waals surface area contributed by atoms with Crippen molar-refractivity contribution in [3.8, 4) is 0 Å². The molecule has 2 aromatic rings. The lowest BCUT2D eigenvalue weighted by Crippen LogP contribution is -2.36.